The van der Waals surface area contributed by atoms with E-state index in [2.05, 4.69) is 4.98 Å². The predicted molar refractivity (Wildman–Crippen MR) is 52.1 cm³/mol. The molecule has 1 aromatic heterocycles. The Morgan fingerprint density at radius 3 is 3.07 bits per heavy atom. The van der Waals surface area contributed by atoms with Crippen molar-refractivity contribution in [2.45, 2.75) is 6.42 Å². The standard InChI is InChI=1S/C10H11NO3/c1-14-9-6-2-4-8(11-9)5-3-7-10(12)13/h2-6H,7H2,1H3,(H,12,13). The second-order valence-electron chi connectivity index (χ2n) is 2.61. The van der Waals surface area contributed by atoms with Crippen molar-refractivity contribution in [1.29, 1.82) is 0 Å². The number of nitrogens with zero attached hydrogens (tertiary/aromatic N) is 1. The highest BCUT2D eigenvalue weighted by molar-refractivity contribution is 5.70. The Kier molecular flexibility index (Phi) is 3.67. The van der Waals surface area contributed by atoms with Gasteiger partial charge in [0.05, 0.1) is 19.2 Å². The van der Waals surface area contributed by atoms with E-state index >= 15 is 0 Å². The fraction of sp³-hybridized carbons (Fsp3) is 0.200. The van der Waals surface area contributed by atoms with E-state index in [0.717, 1.165) is 0 Å². The van der Waals surface area contributed by atoms with E-state index in [1.165, 1.54) is 7.11 Å². The molecule has 0 saturated carbocycles. The summed E-state index contributed by atoms with van der Waals surface area (Å²) in [6, 6.07) is 5.31. The van der Waals surface area contributed by atoms with E-state index in [1.807, 2.05) is 0 Å². The van der Waals surface area contributed by atoms with Gasteiger partial charge < -0.3 is 9.84 Å². The minimum Gasteiger partial charge on any atom is -0.481 e. The van der Waals surface area contributed by atoms with Gasteiger partial charge in [-0.1, -0.05) is 12.1 Å². The molecule has 0 atom stereocenters. The van der Waals surface area contributed by atoms with Crippen LogP contribution in [0.15, 0.2) is 24.3 Å². The second kappa shape index (κ2) is 5.01. The van der Waals surface area contributed by atoms with Gasteiger partial charge in [0, 0.05) is 6.07 Å². The van der Waals surface area contributed by atoms with Gasteiger partial charge in [-0.3, -0.25) is 4.79 Å². The molecule has 0 aliphatic rings. The molecule has 1 heterocycles. The number of ether oxygens (including phenoxy) is 1. The van der Waals surface area contributed by atoms with Crippen molar-refractivity contribution in [2.24, 2.45) is 0 Å². The molecule has 1 rings (SSSR count). The smallest absolute Gasteiger partial charge is 0.307 e. The summed E-state index contributed by atoms with van der Waals surface area (Å²) in [5.74, 6) is -0.341. The summed E-state index contributed by atoms with van der Waals surface area (Å²) in [4.78, 5) is 14.3. The summed E-state index contributed by atoms with van der Waals surface area (Å²) in [5, 5.41) is 8.40. The van der Waals surface area contributed by atoms with Crippen molar-refractivity contribution in [3.05, 3.63) is 30.0 Å². The van der Waals surface area contributed by atoms with Crippen LogP contribution in [0, 0.1) is 0 Å². The van der Waals surface area contributed by atoms with Gasteiger partial charge in [0.25, 0.3) is 0 Å². The molecule has 1 aromatic rings. The monoisotopic (exact) mass is 193 g/mol. The zero-order chi connectivity index (χ0) is 10.4. The summed E-state index contributed by atoms with van der Waals surface area (Å²) in [5.41, 5.74) is 0.686. The van der Waals surface area contributed by atoms with Gasteiger partial charge in [-0.15, -0.1) is 0 Å². The normalized spacial score (nSPS) is 10.4. The minimum absolute atomic E-state index is 0.00110. The second-order valence-corrected chi connectivity index (χ2v) is 2.61. The first-order chi connectivity index (χ1) is 6.72. The molecule has 14 heavy (non-hydrogen) atoms. The Morgan fingerprint density at radius 1 is 1.64 bits per heavy atom. The van der Waals surface area contributed by atoms with Crippen LogP contribution in [0.4, 0.5) is 0 Å². The van der Waals surface area contributed by atoms with Crippen molar-refractivity contribution >= 4 is 12.0 Å². The van der Waals surface area contributed by atoms with Crippen LogP contribution in [0.1, 0.15) is 12.1 Å². The number of aliphatic carboxylic acids is 1. The molecule has 1 N–H and O–H groups in total. The van der Waals surface area contributed by atoms with E-state index in [9.17, 15) is 4.79 Å². The fourth-order valence-electron chi connectivity index (χ4n) is 0.918. The molecule has 0 spiro atoms. The van der Waals surface area contributed by atoms with Crippen LogP contribution in [-0.4, -0.2) is 23.2 Å². The molecule has 0 aliphatic carbocycles. The van der Waals surface area contributed by atoms with Gasteiger partial charge in [-0.2, -0.15) is 0 Å². The largest absolute Gasteiger partial charge is 0.481 e. The third kappa shape index (κ3) is 3.26. The Morgan fingerprint density at radius 2 is 2.43 bits per heavy atom. The lowest BCUT2D eigenvalue weighted by molar-refractivity contribution is -0.135. The number of carbonyl (C=O) groups is 1. The van der Waals surface area contributed by atoms with E-state index < -0.39 is 5.97 Å². The van der Waals surface area contributed by atoms with Crippen molar-refractivity contribution in [3.63, 3.8) is 0 Å². The maximum Gasteiger partial charge on any atom is 0.307 e. The molecular weight excluding hydrogens is 182 g/mol. The van der Waals surface area contributed by atoms with E-state index in [1.54, 1.807) is 30.4 Å². The zero-order valence-electron chi connectivity index (χ0n) is 7.80. The third-order valence-corrected chi connectivity index (χ3v) is 1.54. The average molecular weight is 193 g/mol. The number of carboxylic acid groups (broad SMARTS) is 1. The van der Waals surface area contributed by atoms with E-state index in [0.29, 0.717) is 11.6 Å². The molecule has 0 aliphatic heterocycles. The first kappa shape index (κ1) is 10.2. The van der Waals surface area contributed by atoms with Gasteiger partial charge in [-0.25, -0.2) is 4.98 Å². The minimum atomic E-state index is -0.857. The van der Waals surface area contributed by atoms with Gasteiger partial charge >= 0.3 is 5.97 Å². The first-order valence-corrected chi connectivity index (χ1v) is 4.12. The summed E-state index contributed by atoms with van der Waals surface area (Å²) in [7, 11) is 1.53. The van der Waals surface area contributed by atoms with Gasteiger partial charge in [0.2, 0.25) is 5.88 Å². The molecule has 0 aromatic carbocycles. The van der Waals surface area contributed by atoms with Crippen LogP contribution in [0.2, 0.25) is 0 Å². The van der Waals surface area contributed by atoms with Gasteiger partial charge in [0.15, 0.2) is 0 Å². The SMILES string of the molecule is COc1cccc(C=CCC(=O)O)n1. The molecule has 74 valence electrons. The number of aromatic nitrogens is 1. The lowest BCUT2D eigenvalue weighted by Gasteiger charge is -1.98. The zero-order valence-corrected chi connectivity index (χ0v) is 7.80. The number of hydrogen-bond donors (Lipinski definition) is 1. The van der Waals surface area contributed by atoms with Crippen molar-refractivity contribution in [3.8, 4) is 5.88 Å². The number of rotatable bonds is 4. The lowest BCUT2D eigenvalue weighted by Crippen LogP contribution is -1.91. The molecule has 4 heteroatoms. The number of methoxy groups -OCH3 is 1. The fourth-order valence-corrected chi connectivity index (χ4v) is 0.918. The van der Waals surface area contributed by atoms with Gasteiger partial charge in [0.1, 0.15) is 0 Å². The van der Waals surface area contributed by atoms with Crippen LogP contribution >= 0.6 is 0 Å². The topological polar surface area (TPSA) is 59.4 Å². The highest BCUT2D eigenvalue weighted by atomic mass is 16.5. The van der Waals surface area contributed by atoms with Crippen molar-refractivity contribution in [2.75, 3.05) is 7.11 Å². The van der Waals surface area contributed by atoms with Crippen molar-refractivity contribution in [1.82, 2.24) is 4.98 Å². The molecule has 4 nitrogen and oxygen atoms in total. The maximum atomic E-state index is 10.2. The highest BCUT2D eigenvalue weighted by Crippen LogP contribution is 2.07. The van der Waals surface area contributed by atoms with E-state index in [4.69, 9.17) is 9.84 Å². The summed E-state index contributed by atoms with van der Waals surface area (Å²) < 4.78 is 4.92. The molecule has 0 amide bonds. The molecule has 0 fully saturated rings. The lowest BCUT2D eigenvalue weighted by atomic mass is 10.3. The molecule has 0 radical (unpaired) electrons. The molecule has 0 saturated heterocycles. The summed E-state index contributed by atoms with van der Waals surface area (Å²) >= 11 is 0. The Hall–Kier alpha value is -1.84. The highest BCUT2D eigenvalue weighted by Gasteiger charge is 1.94. The Labute approximate surface area is 81.9 Å². The Balaban J connectivity index is 2.66. The first-order valence-electron chi connectivity index (χ1n) is 4.12. The predicted octanol–water partition coefficient (Wildman–Crippen LogP) is 1.58. The maximum absolute atomic E-state index is 10.2. The Bertz CT molecular complexity index is 347. The van der Waals surface area contributed by atoms with E-state index in [-0.39, 0.29) is 6.42 Å². The third-order valence-electron chi connectivity index (χ3n) is 1.54. The number of pyridine rings is 1. The van der Waals surface area contributed by atoms with Crippen LogP contribution in [0.3, 0.4) is 0 Å². The number of carboxylic acids is 1. The van der Waals surface area contributed by atoms with Crippen LogP contribution in [-0.2, 0) is 4.79 Å². The molecule has 0 bridgehead atoms. The molecule has 0 unspecified atom stereocenters. The quantitative estimate of drug-likeness (QED) is 0.788. The van der Waals surface area contributed by atoms with Crippen LogP contribution in [0.25, 0.3) is 6.08 Å². The average Bonchev–Trinajstić information content (AvgIpc) is 2.18. The summed E-state index contributed by atoms with van der Waals surface area (Å²) in [6.45, 7) is 0. The van der Waals surface area contributed by atoms with Gasteiger partial charge in [-0.05, 0) is 12.1 Å². The summed E-state index contributed by atoms with van der Waals surface area (Å²) in [6.07, 6.45) is 3.19. The number of hydrogen-bond acceptors (Lipinski definition) is 3. The molecular formula is C10H11NO3. The van der Waals surface area contributed by atoms with Crippen LogP contribution < -0.4 is 4.74 Å². The van der Waals surface area contributed by atoms with Crippen molar-refractivity contribution < 1.29 is 14.6 Å². The van der Waals surface area contributed by atoms with Crippen LogP contribution in [0.5, 0.6) is 5.88 Å².